The molecule has 0 aliphatic carbocycles. The number of halogens is 1. The Bertz CT molecular complexity index is 1990. The summed E-state index contributed by atoms with van der Waals surface area (Å²) in [5.41, 5.74) is 2.74. The summed E-state index contributed by atoms with van der Waals surface area (Å²) in [6.45, 7) is 1.93. The van der Waals surface area contributed by atoms with Crippen molar-refractivity contribution in [2.24, 2.45) is 0 Å². The van der Waals surface area contributed by atoms with Crippen molar-refractivity contribution in [1.82, 2.24) is 14.5 Å². The molecule has 6 rings (SSSR count). The van der Waals surface area contributed by atoms with Gasteiger partial charge in [-0.15, -0.1) is 0 Å². The number of fused-ring (bicyclic) bond motifs is 2. The van der Waals surface area contributed by atoms with Crippen LogP contribution in [0.1, 0.15) is 28.9 Å². The van der Waals surface area contributed by atoms with Crippen LogP contribution in [0.5, 0.6) is 0 Å². The van der Waals surface area contributed by atoms with E-state index in [1.54, 1.807) is 53.1 Å². The van der Waals surface area contributed by atoms with Crippen LogP contribution >= 0.6 is 11.6 Å². The largest absolute Gasteiger partial charge is 0.307 e. The number of para-hydroxylation sites is 2. The molecule has 0 saturated carbocycles. The number of amides is 1. The van der Waals surface area contributed by atoms with Crippen LogP contribution in [0, 0.1) is 0 Å². The molecule has 0 bridgehead atoms. The Morgan fingerprint density at radius 3 is 2.05 bits per heavy atom. The fourth-order valence-electron chi connectivity index (χ4n) is 4.81. The summed E-state index contributed by atoms with van der Waals surface area (Å²) < 4.78 is 30.3. The van der Waals surface area contributed by atoms with Gasteiger partial charge in [-0.2, -0.15) is 0 Å². The number of carbonyl (C=O) groups is 1. The molecule has 2 aromatic heterocycles. The van der Waals surface area contributed by atoms with E-state index in [9.17, 15) is 13.2 Å². The average Bonchev–Trinajstić information content (AvgIpc) is 3.29. The van der Waals surface area contributed by atoms with Gasteiger partial charge < -0.3 is 9.88 Å². The van der Waals surface area contributed by atoms with Gasteiger partial charge in [0, 0.05) is 0 Å². The van der Waals surface area contributed by atoms with E-state index in [0.29, 0.717) is 16.7 Å². The maximum absolute atomic E-state index is 14.3. The summed E-state index contributed by atoms with van der Waals surface area (Å²) in [7, 11) is -4.17. The molecule has 198 valence electrons. The number of hydrogen-bond acceptors (Lipinski definition) is 5. The fourth-order valence-corrected chi connectivity index (χ4v) is 6.57. The van der Waals surface area contributed by atoms with Crippen LogP contribution in [-0.2, 0) is 9.84 Å². The highest BCUT2D eigenvalue weighted by molar-refractivity contribution is 7.92. The first-order valence-corrected chi connectivity index (χ1v) is 14.4. The van der Waals surface area contributed by atoms with Crippen molar-refractivity contribution >= 4 is 55.4 Å². The van der Waals surface area contributed by atoms with Gasteiger partial charge in [-0.25, -0.2) is 18.4 Å². The minimum atomic E-state index is -4.17. The zero-order valence-corrected chi connectivity index (χ0v) is 22.9. The van der Waals surface area contributed by atoms with Gasteiger partial charge in [0.1, 0.15) is 16.2 Å². The number of aromatic nitrogens is 3. The summed E-state index contributed by atoms with van der Waals surface area (Å²) in [6, 6.07) is 31.1. The number of hydrogen-bond donors (Lipinski definition) is 1. The van der Waals surface area contributed by atoms with Crippen LogP contribution in [0.3, 0.4) is 0 Å². The van der Waals surface area contributed by atoms with E-state index in [0.717, 1.165) is 5.56 Å². The third-order valence-electron chi connectivity index (χ3n) is 6.79. The second-order valence-electron chi connectivity index (χ2n) is 9.27. The molecule has 0 aliphatic heterocycles. The molecule has 0 unspecified atom stereocenters. The SMILES string of the molecule is C[C@H](c1ccccc1)n1c(NC(=O)c2ccccc2Cl)c(S(=O)(=O)c2ccccc2)c2nc3ccccc3nc21. The van der Waals surface area contributed by atoms with Crippen LogP contribution in [0.2, 0.25) is 5.02 Å². The lowest BCUT2D eigenvalue weighted by Gasteiger charge is -2.20. The minimum Gasteiger partial charge on any atom is -0.307 e. The molecule has 7 nitrogen and oxygen atoms in total. The monoisotopic (exact) mass is 566 g/mol. The van der Waals surface area contributed by atoms with Gasteiger partial charge in [-0.1, -0.05) is 84.4 Å². The van der Waals surface area contributed by atoms with Crippen LogP contribution in [0.15, 0.2) is 119 Å². The van der Waals surface area contributed by atoms with Crippen molar-refractivity contribution in [1.29, 1.82) is 0 Å². The topological polar surface area (TPSA) is 94.0 Å². The first kappa shape index (κ1) is 25.7. The summed E-state index contributed by atoms with van der Waals surface area (Å²) >= 11 is 6.35. The van der Waals surface area contributed by atoms with E-state index in [1.165, 1.54) is 12.1 Å². The van der Waals surface area contributed by atoms with E-state index in [2.05, 4.69) is 5.32 Å². The van der Waals surface area contributed by atoms with Crippen LogP contribution in [0.4, 0.5) is 5.82 Å². The predicted molar refractivity (Wildman–Crippen MR) is 157 cm³/mol. The molecule has 6 aromatic rings. The summed E-state index contributed by atoms with van der Waals surface area (Å²) in [5, 5.41) is 3.13. The molecule has 1 N–H and O–H groups in total. The Balaban J connectivity index is 1.71. The molecule has 0 saturated heterocycles. The van der Waals surface area contributed by atoms with Crippen molar-refractivity contribution in [2.75, 3.05) is 5.32 Å². The lowest BCUT2D eigenvalue weighted by atomic mass is 10.1. The molecule has 9 heteroatoms. The molecule has 1 atom stereocenters. The molecule has 0 aliphatic rings. The molecule has 0 radical (unpaired) electrons. The number of nitrogens with one attached hydrogen (secondary N) is 1. The van der Waals surface area contributed by atoms with E-state index in [1.807, 2.05) is 55.5 Å². The highest BCUT2D eigenvalue weighted by Gasteiger charge is 2.34. The van der Waals surface area contributed by atoms with Gasteiger partial charge in [0.15, 0.2) is 5.65 Å². The van der Waals surface area contributed by atoms with E-state index in [-0.39, 0.29) is 31.7 Å². The molecule has 0 fully saturated rings. The molecular weight excluding hydrogens is 544 g/mol. The Morgan fingerprint density at radius 1 is 0.800 bits per heavy atom. The second-order valence-corrected chi connectivity index (χ2v) is 11.6. The van der Waals surface area contributed by atoms with Gasteiger partial charge in [-0.05, 0) is 48.9 Å². The lowest BCUT2D eigenvalue weighted by molar-refractivity contribution is 0.102. The van der Waals surface area contributed by atoms with Gasteiger partial charge in [0.2, 0.25) is 9.84 Å². The average molecular weight is 567 g/mol. The first-order valence-electron chi connectivity index (χ1n) is 12.6. The summed E-state index contributed by atoms with van der Waals surface area (Å²) in [4.78, 5) is 23.2. The molecule has 1 amide bonds. The molecule has 4 aromatic carbocycles. The second kappa shape index (κ2) is 10.2. The van der Waals surface area contributed by atoms with Crippen molar-refractivity contribution < 1.29 is 13.2 Å². The first-order chi connectivity index (χ1) is 19.4. The normalized spacial score (nSPS) is 12.4. The quantitative estimate of drug-likeness (QED) is 0.236. The van der Waals surface area contributed by atoms with Crippen LogP contribution in [-0.4, -0.2) is 28.9 Å². The summed E-state index contributed by atoms with van der Waals surface area (Å²) in [6.07, 6.45) is 0. The van der Waals surface area contributed by atoms with Crippen LogP contribution in [0.25, 0.3) is 22.2 Å². The predicted octanol–water partition coefficient (Wildman–Crippen LogP) is 6.93. The van der Waals surface area contributed by atoms with Gasteiger partial charge >= 0.3 is 0 Å². The number of benzene rings is 4. The minimum absolute atomic E-state index is 0.0652. The Hall–Kier alpha value is -4.53. The molecule has 2 heterocycles. The summed E-state index contributed by atoms with van der Waals surface area (Å²) in [5.74, 6) is -0.487. The molecular formula is C31H23ClN4O3S. The zero-order valence-electron chi connectivity index (χ0n) is 21.3. The number of sulfone groups is 1. The van der Waals surface area contributed by atoms with E-state index < -0.39 is 21.8 Å². The third-order valence-corrected chi connectivity index (χ3v) is 8.94. The van der Waals surface area contributed by atoms with Crippen molar-refractivity contribution in [3.05, 3.63) is 125 Å². The number of carbonyl (C=O) groups excluding carboxylic acids is 1. The van der Waals surface area contributed by atoms with Gasteiger partial charge in [-0.3, -0.25) is 4.79 Å². The number of anilines is 1. The number of rotatable bonds is 6. The van der Waals surface area contributed by atoms with E-state index in [4.69, 9.17) is 21.6 Å². The van der Waals surface area contributed by atoms with E-state index >= 15 is 0 Å². The lowest BCUT2D eigenvalue weighted by Crippen LogP contribution is -2.20. The highest BCUT2D eigenvalue weighted by atomic mass is 35.5. The van der Waals surface area contributed by atoms with Crippen LogP contribution < -0.4 is 5.32 Å². The smallest absolute Gasteiger partial charge is 0.258 e. The maximum atomic E-state index is 14.3. The van der Waals surface area contributed by atoms with Gasteiger partial charge in [0.25, 0.3) is 5.91 Å². The highest BCUT2D eigenvalue weighted by Crippen LogP contribution is 2.40. The molecule has 40 heavy (non-hydrogen) atoms. The zero-order chi connectivity index (χ0) is 27.9. The Morgan fingerprint density at radius 2 is 1.38 bits per heavy atom. The Labute approximate surface area is 236 Å². The van der Waals surface area contributed by atoms with Gasteiger partial charge in [0.05, 0.1) is 32.6 Å². The number of nitrogens with zero attached hydrogens (tertiary/aromatic N) is 3. The third kappa shape index (κ3) is 4.41. The maximum Gasteiger partial charge on any atom is 0.258 e. The standard InChI is InChI=1S/C31H23ClN4O3S/c1-20(21-12-4-2-5-13-21)36-29-27(33-25-18-10-11-19-26(25)34-29)28(40(38,39)22-14-6-3-7-15-22)30(36)35-31(37)23-16-8-9-17-24(23)32/h2-20H,1H3,(H,35,37)/t20-/m1/s1. The van der Waals surface area contributed by atoms with Crippen molar-refractivity contribution in [3.63, 3.8) is 0 Å². The Kier molecular flexibility index (Phi) is 6.57. The molecule has 0 spiro atoms. The van der Waals surface area contributed by atoms with Crippen molar-refractivity contribution in [2.45, 2.75) is 22.8 Å². The fraction of sp³-hybridized carbons (Fsp3) is 0.0645. The van der Waals surface area contributed by atoms with Crippen molar-refractivity contribution in [3.8, 4) is 0 Å².